The normalized spacial score (nSPS) is 9.09. The Kier molecular flexibility index (Phi) is 3.67. The van der Waals surface area contributed by atoms with Gasteiger partial charge in [-0.2, -0.15) is 5.26 Å². The Bertz CT molecular complexity index is 191. The number of rotatable bonds is 4. The second-order valence-corrected chi connectivity index (χ2v) is 1.89. The third kappa shape index (κ3) is 3.20. The van der Waals surface area contributed by atoms with Crippen LogP contribution in [0.5, 0.6) is 0 Å². The lowest BCUT2D eigenvalue weighted by Gasteiger charge is -2.16. The minimum atomic E-state index is -1.71. The number of hydrogen-bond acceptors (Lipinski definition) is 5. The molecular formula is C6H5NO4-2. The van der Waals surface area contributed by atoms with Crippen LogP contribution in [0.4, 0.5) is 0 Å². The number of nitrogens with zero attached hydrogens (tertiary/aromatic N) is 1. The molecule has 0 aromatic rings. The highest BCUT2D eigenvalue weighted by molar-refractivity contribution is 5.90. The van der Waals surface area contributed by atoms with E-state index in [9.17, 15) is 19.8 Å². The minimum Gasteiger partial charge on any atom is -0.549 e. The van der Waals surface area contributed by atoms with Gasteiger partial charge in [0.2, 0.25) is 0 Å². The second kappa shape index (κ2) is 4.28. The summed E-state index contributed by atoms with van der Waals surface area (Å²) in [5.74, 6) is -5.09. The van der Waals surface area contributed by atoms with Crippen molar-refractivity contribution in [2.45, 2.75) is 12.8 Å². The highest BCUT2D eigenvalue weighted by atomic mass is 16.4. The van der Waals surface area contributed by atoms with Gasteiger partial charge in [-0.3, -0.25) is 0 Å². The van der Waals surface area contributed by atoms with Crippen molar-refractivity contribution in [2.24, 2.45) is 5.92 Å². The van der Waals surface area contributed by atoms with Crippen LogP contribution in [0.25, 0.3) is 0 Å². The molecule has 0 amide bonds. The van der Waals surface area contributed by atoms with Gasteiger partial charge in [-0.25, -0.2) is 0 Å². The van der Waals surface area contributed by atoms with Gasteiger partial charge in [-0.05, 0) is 6.42 Å². The van der Waals surface area contributed by atoms with Gasteiger partial charge >= 0.3 is 0 Å². The van der Waals surface area contributed by atoms with E-state index in [1.807, 2.05) is 0 Å². The fraction of sp³-hybridized carbons (Fsp3) is 0.500. The Hall–Kier alpha value is -1.57. The van der Waals surface area contributed by atoms with Crippen LogP contribution in [-0.2, 0) is 9.59 Å². The SMILES string of the molecule is N#CCCC(C(=O)[O-])C(=O)[O-]. The zero-order chi connectivity index (χ0) is 8.85. The summed E-state index contributed by atoms with van der Waals surface area (Å²) in [6.45, 7) is 0. The molecular weight excluding hydrogens is 150 g/mol. The molecule has 0 saturated heterocycles. The first-order valence-corrected chi connectivity index (χ1v) is 2.88. The fourth-order valence-electron chi connectivity index (χ4n) is 0.541. The molecule has 60 valence electrons. The Labute approximate surface area is 62.9 Å². The summed E-state index contributed by atoms with van der Waals surface area (Å²) in [7, 11) is 0. The topological polar surface area (TPSA) is 104 Å². The maximum absolute atomic E-state index is 10.0. The molecule has 0 N–H and O–H groups in total. The molecule has 0 heterocycles. The highest BCUT2D eigenvalue weighted by Crippen LogP contribution is 2.02. The summed E-state index contributed by atoms with van der Waals surface area (Å²) >= 11 is 0. The molecule has 0 aliphatic rings. The number of carbonyl (C=O) groups is 2. The van der Waals surface area contributed by atoms with Crippen molar-refractivity contribution in [1.29, 1.82) is 5.26 Å². The summed E-state index contributed by atoms with van der Waals surface area (Å²) in [4.78, 5) is 20.0. The zero-order valence-electron chi connectivity index (χ0n) is 5.57. The summed E-state index contributed by atoms with van der Waals surface area (Å²) < 4.78 is 0. The van der Waals surface area contributed by atoms with Crippen molar-refractivity contribution in [3.63, 3.8) is 0 Å². The van der Waals surface area contributed by atoms with Gasteiger partial charge in [0.25, 0.3) is 0 Å². The third-order valence-electron chi connectivity index (χ3n) is 1.11. The van der Waals surface area contributed by atoms with E-state index in [-0.39, 0.29) is 12.8 Å². The predicted molar refractivity (Wildman–Crippen MR) is 28.4 cm³/mol. The van der Waals surface area contributed by atoms with E-state index in [2.05, 4.69) is 0 Å². The standard InChI is InChI=1S/C6H7NO4/c7-3-1-2-4(5(8)9)6(10)11/h4H,1-2H2,(H,8,9)(H,10,11)/p-2. The first-order valence-electron chi connectivity index (χ1n) is 2.88. The van der Waals surface area contributed by atoms with Crippen molar-refractivity contribution < 1.29 is 19.8 Å². The molecule has 0 atom stereocenters. The quantitative estimate of drug-likeness (QED) is 0.414. The van der Waals surface area contributed by atoms with Crippen LogP contribution in [0.2, 0.25) is 0 Å². The van der Waals surface area contributed by atoms with E-state index in [1.54, 1.807) is 6.07 Å². The molecule has 0 aromatic carbocycles. The molecule has 0 rings (SSSR count). The average molecular weight is 155 g/mol. The van der Waals surface area contributed by atoms with E-state index < -0.39 is 17.9 Å². The number of carboxylic acids is 2. The molecule has 5 nitrogen and oxygen atoms in total. The van der Waals surface area contributed by atoms with Gasteiger partial charge in [-0.15, -0.1) is 0 Å². The Balaban J connectivity index is 4.03. The van der Waals surface area contributed by atoms with Crippen LogP contribution in [0.3, 0.4) is 0 Å². The van der Waals surface area contributed by atoms with E-state index >= 15 is 0 Å². The molecule has 0 spiro atoms. The Morgan fingerprint density at radius 1 is 1.36 bits per heavy atom. The number of nitriles is 1. The summed E-state index contributed by atoms with van der Waals surface area (Å²) in [5.41, 5.74) is 0. The second-order valence-electron chi connectivity index (χ2n) is 1.89. The van der Waals surface area contributed by atoms with Gasteiger partial charge in [0.05, 0.1) is 18.0 Å². The van der Waals surface area contributed by atoms with Crippen LogP contribution in [0.15, 0.2) is 0 Å². The summed E-state index contributed by atoms with van der Waals surface area (Å²) in [5, 5.41) is 28.0. The maximum Gasteiger partial charge on any atom is 0.0622 e. The Morgan fingerprint density at radius 3 is 2.09 bits per heavy atom. The molecule has 5 heteroatoms. The van der Waals surface area contributed by atoms with E-state index in [1.165, 1.54) is 0 Å². The number of carbonyl (C=O) groups excluding carboxylic acids is 2. The van der Waals surface area contributed by atoms with E-state index in [0.29, 0.717) is 0 Å². The van der Waals surface area contributed by atoms with E-state index in [0.717, 1.165) is 0 Å². The van der Waals surface area contributed by atoms with Crippen LogP contribution < -0.4 is 10.2 Å². The maximum atomic E-state index is 10.0. The van der Waals surface area contributed by atoms with Crippen molar-refractivity contribution in [3.8, 4) is 6.07 Å². The largest absolute Gasteiger partial charge is 0.549 e. The molecule has 0 bridgehead atoms. The lowest BCUT2D eigenvalue weighted by atomic mass is 10.1. The molecule has 0 fully saturated rings. The zero-order valence-corrected chi connectivity index (χ0v) is 5.57. The number of hydrogen-bond donors (Lipinski definition) is 0. The van der Waals surface area contributed by atoms with Crippen LogP contribution >= 0.6 is 0 Å². The fourth-order valence-corrected chi connectivity index (χ4v) is 0.541. The molecule has 0 unspecified atom stereocenters. The number of carboxylic acid groups (broad SMARTS) is 2. The van der Waals surface area contributed by atoms with Gasteiger partial charge in [0.1, 0.15) is 0 Å². The monoisotopic (exact) mass is 155 g/mol. The highest BCUT2D eigenvalue weighted by Gasteiger charge is 2.09. The van der Waals surface area contributed by atoms with Crippen molar-refractivity contribution in [3.05, 3.63) is 0 Å². The molecule has 0 aliphatic carbocycles. The molecule has 0 aliphatic heterocycles. The molecule has 0 saturated carbocycles. The van der Waals surface area contributed by atoms with E-state index in [4.69, 9.17) is 5.26 Å². The molecule has 0 radical (unpaired) electrons. The van der Waals surface area contributed by atoms with Crippen molar-refractivity contribution >= 4 is 11.9 Å². The van der Waals surface area contributed by atoms with Gasteiger partial charge in [0, 0.05) is 12.3 Å². The van der Waals surface area contributed by atoms with Crippen molar-refractivity contribution in [2.75, 3.05) is 0 Å². The van der Waals surface area contributed by atoms with Crippen molar-refractivity contribution in [1.82, 2.24) is 0 Å². The summed E-state index contributed by atoms with van der Waals surface area (Å²) in [6, 6.07) is 1.63. The summed E-state index contributed by atoms with van der Waals surface area (Å²) in [6.07, 6.45) is -0.395. The lowest BCUT2D eigenvalue weighted by molar-refractivity contribution is -0.331. The van der Waals surface area contributed by atoms with Gasteiger partial charge in [0.15, 0.2) is 0 Å². The number of aliphatic carboxylic acids is 2. The smallest absolute Gasteiger partial charge is 0.0622 e. The first kappa shape index (κ1) is 9.43. The molecule has 0 aromatic heterocycles. The average Bonchev–Trinajstić information content (AvgIpc) is 1.87. The minimum absolute atomic E-state index is 0.132. The predicted octanol–water partition coefficient (Wildman–Crippen LogP) is -2.59. The van der Waals surface area contributed by atoms with Gasteiger partial charge in [-0.1, -0.05) is 0 Å². The molecule has 11 heavy (non-hydrogen) atoms. The first-order chi connectivity index (χ1) is 5.09. The Morgan fingerprint density at radius 2 is 1.82 bits per heavy atom. The van der Waals surface area contributed by atoms with Crippen LogP contribution in [0, 0.1) is 17.2 Å². The van der Waals surface area contributed by atoms with Crippen LogP contribution in [-0.4, -0.2) is 11.9 Å². The third-order valence-corrected chi connectivity index (χ3v) is 1.11. The lowest BCUT2D eigenvalue weighted by Crippen LogP contribution is -2.43. The van der Waals surface area contributed by atoms with Crippen LogP contribution in [0.1, 0.15) is 12.8 Å². The van der Waals surface area contributed by atoms with Gasteiger partial charge < -0.3 is 19.8 Å².